The Labute approximate surface area is 130 Å². The number of urea groups is 1. The number of aromatic amines is 1. The van der Waals surface area contributed by atoms with E-state index in [2.05, 4.69) is 32.4 Å². The third kappa shape index (κ3) is 4.20. The van der Waals surface area contributed by atoms with Crippen LogP contribution in [0.25, 0.3) is 0 Å². The lowest BCUT2D eigenvalue weighted by molar-refractivity contribution is -0.118. The van der Waals surface area contributed by atoms with Crippen molar-refractivity contribution in [2.45, 2.75) is 19.9 Å². The molecule has 1 saturated heterocycles. The van der Waals surface area contributed by atoms with E-state index in [1.165, 1.54) is 6.92 Å². The largest absolute Gasteiger partial charge is 0.355 e. The van der Waals surface area contributed by atoms with Gasteiger partial charge in [0.25, 0.3) is 0 Å². The summed E-state index contributed by atoms with van der Waals surface area (Å²) >= 11 is 0. The molecule has 0 aliphatic carbocycles. The Balaban J connectivity index is 1.87. The second-order valence-corrected chi connectivity index (χ2v) is 5.28. The van der Waals surface area contributed by atoms with Gasteiger partial charge in [-0.2, -0.15) is 0 Å². The van der Waals surface area contributed by atoms with Gasteiger partial charge in [-0.15, -0.1) is 0 Å². The van der Waals surface area contributed by atoms with Gasteiger partial charge in [0.05, 0.1) is 6.04 Å². The molecule has 1 aromatic rings. The van der Waals surface area contributed by atoms with Gasteiger partial charge in [-0.3, -0.25) is 9.69 Å². The fraction of sp³-hybridized carbons (Fsp3) is 0.643. The molecule has 1 aromatic heterocycles. The molecule has 0 unspecified atom stereocenters. The van der Waals surface area contributed by atoms with Crippen molar-refractivity contribution in [2.24, 2.45) is 0 Å². The smallest absolute Gasteiger partial charge is 0.317 e. The molecule has 0 spiro atoms. The molecule has 0 aromatic carbocycles. The highest BCUT2D eigenvalue weighted by Gasteiger charge is 2.30. The molecule has 0 radical (unpaired) electrons. The summed E-state index contributed by atoms with van der Waals surface area (Å²) in [7, 11) is 0. The van der Waals surface area contributed by atoms with E-state index in [9.17, 15) is 9.59 Å². The van der Waals surface area contributed by atoms with Gasteiger partial charge < -0.3 is 20.5 Å². The van der Waals surface area contributed by atoms with Crippen LogP contribution in [-0.4, -0.2) is 71.0 Å². The number of H-pyrrole nitrogens is 1. The van der Waals surface area contributed by atoms with Gasteiger partial charge >= 0.3 is 6.03 Å². The first-order valence-corrected chi connectivity index (χ1v) is 7.62. The second-order valence-electron chi connectivity index (χ2n) is 5.28. The Kier molecular flexibility index (Phi) is 5.76. The van der Waals surface area contributed by atoms with Crippen LogP contribution in [0.4, 0.5) is 4.79 Å². The second kappa shape index (κ2) is 7.79. The highest BCUT2D eigenvalue weighted by molar-refractivity contribution is 5.75. The molecular weight excluding hydrogens is 284 g/mol. The Morgan fingerprint density at radius 3 is 2.77 bits per heavy atom. The van der Waals surface area contributed by atoms with E-state index in [4.69, 9.17) is 0 Å². The van der Waals surface area contributed by atoms with Crippen LogP contribution in [0.1, 0.15) is 25.7 Å². The number of carbonyl (C=O) groups excluding carboxylic acids is 2. The van der Waals surface area contributed by atoms with Gasteiger partial charge in [-0.25, -0.2) is 9.78 Å². The van der Waals surface area contributed by atoms with Crippen LogP contribution in [0.5, 0.6) is 0 Å². The summed E-state index contributed by atoms with van der Waals surface area (Å²) < 4.78 is 0. The van der Waals surface area contributed by atoms with Crippen LogP contribution in [0, 0.1) is 0 Å². The average Bonchev–Trinajstić information content (AvgIpc) is 3.04. The first kappa shape index (κ1) is 16.3. The van der Waals surface area contributed by atoms with Gasteiger partial charge in [0.1, 0.15) is 5.82 Å². The number of rotatable bonds is 5. The Bertz CT molecular complexity index is 490. The van der Waals surface area contributed by atoms with Crippen molar-refractivity contribution in [1.82, 2.24) is 30.4 Å². The molecule has 8 nitrogen and oxygen atoms in total. The quantitative estimate of drug-likeness (QED) is 0.664. The number of piperazine rings is 1. The van der Waals surface area contributed by atoms with E-state index >= 15 is 0 Å². The molecule has 1 aliphatic rings. The van der Waals surface area contributed by atoms with Gasteiger partial charge in [0, 0.05) is 52.0 Å². The fourth-order valence-corrected chi connectivity index (χ4v) is 2.62. The molecule has 3 N–H and O–H groups in total. The third-order valence-electron chi connectivity index (χ3n) is 3.79. The summed E-state index contributed by atoms with van der Waals surface area (Å²) in [5.74, 6) is 0.793. The van der Waals surface area contributed by atoms with Crippen molar-refractivity contribution >= 4 is 11.9 Å². The highest BCUT2D eigenvalue weighted by Crippen LogP contribution is 2.22. The zero-order chi connectivity index (χ0) is 15.9. The summed E-state index contributed by atoms with van der Waals surface area (Å²) in [6, 6.07) is -0.00694. The first-order valence-electron chi connectivity index (χ1n) is 7.62. The number of carbonyl (C=O) groups is 2. The molecule has 1 atom stereocenters. The van der Waals surface area contributed by atoms with Crippen molar-refractivity contribution in [3.63, 3.8) is 0 Å². The minimum Gasteiger partial charge on any atom is -0.355 e. The van der Waals surface area contributed by atoms with E-state index in [1.807, 2.05) is 0 Å². The fourth-order valence-electron chi connectivity index (χ4n) is 2.62. The number of likely N-dealkylation sites (N-methyl/N-ethyl adjacent to an activating group) is 1. The van der Waals surface area contributed by atoms with Gasteiger partial charge in [0.15, 0.2) is 0 Å². The molecular formula is C14H24N6O2. The molecule has 2 rings (SSSR count). The molecule has 2 heterocycles. The minimum atomic E-state index is -0.0994. The number of amides is 3. The summed E-state index contributed by atoms with van der Waals surface area (Å²) in [4.78, 5) is 34.6. The third-order valence-corrected chi connectivity index (χ3v) is 3.79. The van der Waals surface area contributed by atoms with E-state index in [-0.39, 0.29) is 18.0 Å². The number of nitrogens with zero attached hydrogens (tertiary/aromatic N) is 3. The molecule has 0 bridgehead atoms. The molecule has 1 fully saturated rings. The van der Waals surface area contributed by atoms with Crippen molar-refractivity contribution in [2.75, 3.05) is 39.3 Å². The van der Waals surface area contributed by atoms with E-state index in [1.54, 1.807) is 17.3 Å². The predicted molar refractivity (Wildman–Crippen MR) is 82.2 cm³/mol. The Morgan fingerprint density at radius 1 is 1.36 bits per heavy atom. The monoisotopic (exact) mass is 308 g/mol. The van der Waals surface area contributed by atoms with E-state index in [0.29, 0.717) is 26.2 Å². The van der Waals surface area contributed by atoms with E-state index in [0.717, 1.165) is 18.9 Å². The maximum Gasteiger partial charge on any atom is 0.317 e. The van der Waals surface area contributed by atoms with Gasteiger partial charge in [-0.1, -0.05) is 6.92 Å². The lowest BCUT2D eigenvalue weighted by Gasteiger charge is -2.39. The SMILES string of the molecule is CCN1CCN(C(=O)NCCNC(C)=O)C[C@@H]1c1ncc[nH]1. The van der Waals surface area contributed by atoms with Crippen LogP contribution in [0.3, 0.4) is 0 Å². The van der Waals surface area contributed by atoms with Crippen LogP contribution < -0.4 is 10.6 Å². The Hall–Kier alpha value is -2.09. The van der Waals surface area contributed by atoms with Crippen LogP contribution in [0.15, 0.2) is 12.4 Å². The molecule has 122 valence electrons. The number of imidazole rings is 1. The average molecular weight is 308 g/mol. The molecule has 1 aliphatic heterocycles. The number of hydrogen-bond acceptors (Lipinski definition) is 4. The first-order chi connectivity index (χ1) is 10.6. The standard InChI is InChI=1S/C14H24N6O2/c1-3-19-8-9-20(10-12(19)13-16-5-6-17-13)14(22)18-7-4-15-11(2)21/h5-6,12H,3-4,7-10H2,1-2H3,(H,15,21)(H,16,17)(H,18,22)/t12-/m1/s1. The number of nitrogens with one attached hydrogen (secondary N) is 3. The zero-order valence-corrected chi connectivity index (χ0v) is 13.1. The Morgan fingerprint density at radius 2 is 2.14 bits per heavy atom. The van der Waals surface area contributed by atoms with Crippen LogP contribution in [0.2, 0.25) is 0 Å². The maximum atomic E-state index is 12.2. The van der Waals surface area contributed by atoms with Gasteiger partial charge in [0.2, 0.25) is 5.91 Å². The summed E-state index contributed by atoms with van der Waals surface area (Å²) in [5.41, 5.74) is 0. The van der Waals surface area contributed by atoms with Crippen LogP contribution in [-0.2, 0) is 4.79 Å². The van der Waals surface area contributed by atoms with E-state index < -0.39 is 0 Å². The van der Waals surface area contributed by atoms with Gasteiger partial charge in [-0.05, 0) is 6.54 Å². The minimum absolute atomic E-state index is 0.0924. The summed E-state index contributed by atoms with van der Waals surface area (Å²) in [6.45, 7) is 7.48. The van der Waals surface area contributed by atoms with Crippen molar-refractivity contribution < 1.29 is 9.59 Å². The highest BCUT2D eigenvalue weighted by atomic mass is 16.2. The molecule has 0 saturated carbocycles. The summed E-state index contributed by atoms with van der Waals surface area (Å²) in [5, 5.41) is 5.49. The normalized spacial score (nSPS) is 19.0. The molecule has 22 heavy (non-hydrogen) atoms. The number of hydrogen-bond donors (Lipinski definition) is 3. The topological polar surface area (TPSA) is 93.4 Å². The van der Waals surface area contributed by atoms with Crippen LogP contribution >= 0.6 is 0 Å². The predicted octanol–water partition coefficient (Wildman–Crippen LogP) is -0.0660. The maximum absolute atomic E-state index is 12.2. The van der Waals surface area contributed by atoms with Crippen molar-refractivity contribution in [3.05, 3.63) is 18.2 Å². The van der Waals surface area contributed by atoms with Crippen molar-refractivity contribution in [3.8, 4) is 0 Å². The molecule has 3 amide bonds. The number of aromatic nitrogens is 2. The lowest BCUT2D eigenvalue weighted by atomic mass is 10.1. The van der Waals surface area contributed by atoms with Crippen molar-refractivity contribution in [1.29, 1.82) is 0 Å². The zero-order valence-electron chi connectivity index (χ0n) is 13.1. The molecule has 8 heteroatoms. The summed E-state index contributed by atoms with van der Waals surface area (Å²) in [6.07, 6.45) is 3.53. The lowest BCUT2D eigenvalue weighted by Crippen LogP contribution is -2.53.